The number of amides is 1. The Morgan fingerprint density at radius 2 is 1.84 bits per heavy atom. The number of carbonyl (C=O) groups excluding carboxylic acids is 1. The van der Waals surface area contributed by atoms with E-state index in [1.54, 1.807) is 44.0 Å². The third kappa shape index (κ3) is 5.98. The molecule has 0 spiro atoms. The van der Waals surface area contributed by atoms with Gasteiger partial charge >= 0.3 is 0 Å². The van der Waals surface area contributed by atoms with Crippen LogP contribution < -0.4 is 5.32 Å². The summed E-state index contributed by atoms with van der Waals surface area (Å²) >= 11 is 6.50. The monoisotopic (exact) mass is 542 g/mol. The second-order valence-electron chi connectivity index (χ2n) is 9.63. The highest BCUT2D eigenvalue weighted by Gasteiger charge is 2.27. The Balaban J connectivity index is 1.53. The van der Waals surface area contributed by atoms with Gasteiger partial charge in [-0.2, -0.15) is 0 Å². The van der Waals surface area contributed by atoms with Gasteiger partial charge in [0.1, 0.15) is 17.2 Å². The van der Waals surface area contributed by atoms with Gasteiger partial charge in [-0.25, -0.2) is 18.7 Å². The maximum Gasteiger partial charge on any atom is 0.255 e. The maximum absolute atomic E-state index is 14.1. The number of aromatic nitrogens is 2. The molecule has 8 nitrogen and oxygen atoms in total. The summed E-state index contributed by atoms with van der Waals surface area (Å²) in [4.78, 5) is 25.6. The van der Waals surface area contributed by atoms with Gasteiger partial charge in [0, 0.05) is 68.8 Å². The van der Waals surface area contributed by atoms with Gasteiger partial charge in [0.05, 0.1) is 22.0 Å². The topological polar surface area (TPSA) is 105 Å². The predicted molar refractivity (Wildman–Crippen MR) is 142 cm³/mol. The quantitative estimate of drug-likeness (QED) is 0.389. The molecule has 1 aromatic heterocycles. The van der Waals surface area contributed by atoms with Crippen molar-refractivity contribution in [2.45, 2.75) is 26.0 Å². The van der Waals surface area contributed by atoms with E-state index in [1.807, 2.05) is 4.90 Å². The fraction of sp³-hybridized carbons (Fsp3) is 0.333. The number of nitrogens with zero attached hydrogens (tertiary/aromatic N) is 4. The number of rotatable bonds is 7. The van der Waals surface area contributed by atoms with Gasteiger partial charge in [0.2, 0.25) is 0 Å². The van der Waals surface area contributed by atoms with Crippen LogP contribution in [0.3, 0.4) is 0 Å². The van der Waals surface area contributed by atoms with E-state index in [-0.39, 0.29) is 33.7 Å². The molecule has 0 atom stereocenters. The first-order valence-corrected chi connectivity index (χ1v) is 12.5. The molecule has 38 heavy (non-hydrogen) atoms. The van der Waals surface area contributed by atoms with E-state index in [0.29, 0.717) is 49.5 Å². The molecule has 0 unspecified atom stereocenters. The molecule has 4 rings (SSSR count). The fourth-order valence-corrected chi connectivity index (χ4v) is 4.50. The first-order valence-electron chi connectivity index (χ1n) is 12.1. The molecule has 0 aliphatic carbocycles. The highest BCUT2D eigenvalue weighted by atomic mass is 35.5. The molecule has 3 aromatic rings. The zero-order valence-corrected chi connectivity index (χ0v) is 22.1. The third-order valence-corrected chi connectivity index (χ3v) is 6.72. The molecule has 2 heterocycles. The standard InChI is InChI=1S/C27H29ClF2N6O2/c1-27(2,38)26-33-7-6-22(34-26)24(31)19-13-18(20(28)14-23(19)32-3)25(37)36-10-8-35(9-11-36)15-16-4-5-17(29)12-21(16)30/h4-7,12-14,31-32,38H,8-11,15H2,1-3H3. The number of aliphatic hydroxyl groups is 1. The molecular weight excluding hydrogens is 514 g/mol. The van der Waals surface area contributed by atoms with E-state index < -0.39 is 17.2 Å². The largest absolute Gasteiger partial charge is 0.388 e. The minimum Gasteiger partial charge on any atom is -0.388 e. The van der Waals surface area contributed by atoms with Gasteiger partial charge < -0.3 is 15.3 Å². The summed E-state index contributed by atoms with van der Waals surface area (Å²) in [6, 6.07) is 8.28. The zero-order chi connectivity index (χ0) is 27.6. The van der Waals surface area contributed by atoms with E-state index in [9.17, 15) is 18.7 Å². The summed E-state index contributed by atoms with van der Waals surface area (Å²) in [6.07, 6.45) is 1.47. The van der Waals surface area contributed by atoms with Gasteiger partial charge in [-0.05, 0) is 38.1 Å². The molecule has 1 saturated heterocycles. The fourth-order valence-electron chi connectivity index (χ4n) is 4.25. The Morgan fingerprint density at radius 1 is 1.13 bits per heavy atom. The van der Waals surface area contributed by atoms with Crippen LogP contribution in [0.1, 0.15) is 46.9 Å². The smallest absolute Gasteiger partial charge is 0.255 e. The van der Waals surface area contributed by atoms with Crippen molar-refractivity contribution >= 4 is 28.9 Å². The SMILES string of the molecule is CNc1cc(Cl)c(C(=O)N2CCN(Cc3ccc(F)cc3F)CC2)cc1C(=N)c1ccnc(C(C)(C)O)n1. The molecule has 1 aliphatic rings. The van der Waals surface area contributed by atoms with Gasteiger partial charge in [0.15, 0.2) is 5.82 Å². The van der Waals surface area contributed by atoms with Crippen LogP contribution in [0.4, 0.5) is 14.5 Å². The van der Waals surface area contributed by atoms with Crippen LogP contribution in [0.25, 0.3) is 0 Å². The number of benzene rings is 2. The van der Waals surface area contributed by atoms with Crippen LogP contribution in [-0.4, -0.2) is 69.7 Å². The minimum atomic E-state index is -1.28. The number of carbonyl (C=O) groups is 1. The third-order valence-electron chi connectivity index (χ3n) is 6.40. The highest BCUT2D eigenvalue weighted by Crippen LogP contribution is 2.29. The maximum atomic E-state index is 14.1. The Morgan fingerprint density at radius 3 is 2.47 bits per heavy atom. The van der Waals surface area contributed by atoms with Crippen LogP contribution in [0.2, 0.25) is 5.02 Å². The first kappa shape index (κ1) is 27.6. The second-order valence-corrected chi connectivity index (χ2v) is 10.0. The molecule has 11 heteroatoms. The lowest BCUT2D eigenvalue weighted by Crippen LogP contribution is -2.48. The predicted octanol–water partition coefficient (Wildman–Crippen LogP) is 4.05. The lowest BCUT2D eigenvalue weighted by atomic mass is 10.00. The van der Waals surface area contributed by atoms with E-state index in [4.69, 9.17) is 17.0 Å². The Bertz CT molecular complexity index is 1370. The van der Waals surface area contributed by atoms with Crippen molar-refractivity contribution in [3.05, 3.63) is 87.5 Å². The second kappa shape index (κ2) is 11.1. The van der Waals surface area contributed by atoms with Crippen molar-refractivity contribution in [1.29, 1.82) is 5.41 Å². The van der Waals surface area contributed by atoms with Crippen molar-refractivity contribution in [2.75, 3.05) is 38.5 Å². The highest BCUT2D eigenvalue weighted by molar-refractivity contribution is 6.34. The van der Waals surface area contributed by atoms with E-state index >= 15 is 0 Å². The molecule has 0 saturated carbocycles. The summed E-state index contributed by atoms with van der Waals surface area (Å²) < 4.78 is 27.3. The number of hydrogen-bond donors (Lipinski definition) is 3. The van der Waals surface area contributed by atoms with Crippen LogP contribution in [-0.2, 0) is 12.1 Å². The number of piperazine rings is 1. The molecular formula is C27H29ClF2N6O2. The van der Waals surface area contributed by atoms with Crippen LogP contribution >= 0.6 is 11.6 Å². The Labute approximate surface area is 224 Å². The lowest BCUT2D eigenvalue weighted by Gasteiger charge is -2.35. The summed E-state index contributed by atoms with van der Waals surface area (Å²) in [5, 5.41) is 22.3. The molecule has 0 bridgehead atoms. The van der Waals surface area contributed by atoms with Gasteiger partial charge in [-0.3, -0.25) is 15.1 Å². The molecule has 3 N–H and O–H groups in total. The molecule has 2 aromatic carbocycles. The first-order chi connectivity index (χ1) is 18.0. The lowest BCUT2D eigenvalue weighted by molar-refractivity contribution is 0.0626. The summed E-state index contributed by atoms with van der Waals surface area (Å²) in [5.41, 5.74) is 0.665. The van der Waals surface area contributed by atoms with Crippen molar-refractivity contribution in [1.82, 2.24) is 19.8 Å². The number of nitrogens with one attached hydrogen (secondary N) is 2. The van der Waals surface area contributed by atoms with Gasteiger partial charge in [-0.1, -0.05) is 17.7 Å². The summed E-state index contributed by atoms with van der Waals surface area (Å²) in [5.74, 6) is -1.31. The van der Waals surface area contributed by atoms with Crippen LogP contribution in [0.5, 0.6) is 0 Å². The molecule has 200 valence electrons. The summed E-state index contributed by atoms with van der Waals surface area (Å²) in [6.45, 7) is 5.26. The van der Waals surface area contributed by atoms with Crippen LogP contribution in [0, 0.1) is 17.0 Å². The van der Waals surface area contributed by atoms with Crippen molar-refractivity contribution < 1.29 is 18.7 Å². The molecule has 1 fully saturated rings. The average molecular weight is 543 g/mol. The zero-order valence-electron chi connectivity index (χ0n) is 21.4. The molecule has 1 aliphatic heterocycles. The van der Waals surface area contributed by atoms with E-state index in [2.05, 4.69) is 15.3 Å². The molecule has 0 radical (unpaired) electrons. The number of hydrogen-bond acceptors (Lipinski definition) is 7. The van der Waals surface area contributed by atoms with Crippen LogP contribution in [0.15, 0.2) is 42.6 Å². The van der Waals surface area contributed by atoms with E-state index in [1.165, 1.54) is 18.3 Å². The number of halogens is 3. The van der Waals surface area contributed by atoms with Crippen molar-refractivity contribution in [3.8, 4) is 0 Å². The van der Waals surface area contributed by atoms with E-state index in [0.717, 1.165) is 6.07 Å². The van der Waals surface area contributed by atoms with Crippen molar-refractivity contribution in [2.24, 2.45) is 0 Å². The van der Waals surface area contributed by atoms with Gasteiger partial charge in [-0.15, -0.1) is 0 Å². The Hall–Kier alpha value is -3.47. The van der Waals surface area contributed by atoms with Crippen molar-refractivity contribution in [3.63, 3.8) is 0 Å². The summed E-state index contributed by atoms with van der Waals surface area (Å²) in [7, 11) is 1.69. The Kier molecular flexibility index (Phi) is 8.05. The average Bonchev–Trinajstić information content (AvgIpc) is 2.89. The van der Waals surface area contributed by atoms with Gasteiger partial charge in [0.25, 0.3) is 5.91 Å². The molecule has 1 amide bonds. The normalized spacial score (nSPS) is 14.4. The number of anilines is 1. The minimum absolute atomic E-state index is 0.0408.